The van der Waals surface area contributed by atoms with E-state index in [1.165, 1.54) is 7.11 Å². The third-order valence-corrected chi connectivity index (χ3v) is 2.05. The molecule has 2 aromatic rings. The Balaban J connectivity index is 2.68. The minimum absolute atomic E-state index is 0.288. The molecule has 5 nitrogen and oxygen atoms in total. The SMILES string of the molecule is COC(=O)c1nc2ccncc2n1C. The zero-order valence-corrected chi connectivity index (χ0v) is 7.89. The van der Waals surface area contributed by atoms with Gasteiger partial charge in [-0.05, 0) is 6.07 Å². The van der Waals surface area contributed by atoms with E-state index in [2.05, 4.69) is 14.7 Å². The van der Waals surface area contributed by atoms with Gasteiger partial charge in [0.05, 0.1) is 24.3 Å². The molecule has 2 aromatic heterocycles. The summed E-state index contributed by atoms with van der Waals surface area (Å²) in [4.78, 5) is 19.4. The summed E-state index contributed by atoms with van der Waals surface area (Å²) in [6.45, 7) is 0. The number of nitrogens with zero attached hydrogens (tertiary/aromatic N) is 3. The molecule has 0 aliphatic carbocycles. The minimum atomic E-state index is -0.441. The van der Waals surface area contributed by atoms with Crippen LogP contribution in [0.2, 0.25) is 0 Å². The van der Waals surface area contributed by atoms with Crippen LogP contribution in [0.25, 0.3) is 11.0 Å². The molecule has 5 heteroatoms. The highest BCUT2D eigenvalue weighted by atomic mass is 16.5. The Bertz CT molecular complexity index is 490. The molecule has 72 valence electrons. The van der Waals surface area contributed by atoms with Crippen LogP contribution in [0.4, 0.5) is 0 Å². The third kappa shape index (κ3) is 1.14. The number of esters is 1. The molecular weight excluding hydrogens is 182 g/mol. The molecule has 0 saturated carbocycles. The van der Waals surface area contributed by atoms with Gasteiger partial charge in [-0.1, -0.05) is 0 Å². The molecule has 0 radical (unpaired) electrons. The van der Waals surface area contributed by atoms with Crippen LogP contribution in [0.3, 0.4) is 0 Å². The molecule has 14 heavy (non-hydrogen) atoms. The Morgan fingerprint density at radius 2 is 2.36 bits per heavy atom. The van der Waals surface area contributed by atoms with E-state index in [4.69, 9.17) is 0 Å². The number of ether oxygens (including phenoxy) is 1. The van der Waals surface area contributed by atoms with Gasteiger partial charge in [-0.25, -0.2) is 9.78 Å². The predicted octanol–water partition coefficient (Wildman–Crippen LogP) is 0.755. The highest BCUT2D eigenvalue weighted by molar-refractivity contribution is 5.90. The van der Waals surface area contributed by atoms with Crippen LogP contribution < -0.4 is 0 Å². The van der Waals surface area contributed by atoms with Crippen LogP contribution in [-0.4, -0.2) is 27.6 Å². The van der Waals surface area contributed by atoms with Crippen molar-refractivity contribution >= 4 is 17.0 Å². The second kappa shape index (κ2) is 3.10. The van der Waals surface area contributed by atoms with Crippen LogP contribution in [0, 0.1) is 0 Å². The third-order valence-electron chi connectivity index (χ3n) is 2.05. The van der Waals surface area contributed by atoms with Crippen LogP contribution in [0.15, 0.2) is 18.5 Å². The van der Waals surface area contributed by atoms with Crippen LogP contribution >= 0.6 is 0 Å². The number of hydrogen-bond donors (Lipinski definition) is 0. The Morgan fingerprint density at radius 1 is 1.57 bits per heavy atom. The first-order valence-electron chi connectivity index (χ1n) is 4.09. The average Bonchev–Trinajstić information content (AvgIpc) is 2.56. The molecule has 0 amide bonds. The summed E-state index contributed by atoms with van der Waals surface area (Å²) in [5, 5.41) is 0. The monoisotopic (exact) mass is 191 g/mol. The van der Waals surface area contributed by atoms with Crippen LogP contribution in [-0.2, 0) is 11.8 Å². The topological polar surface area (TPSA) is 57.0 Å². The van der Waals surface area contributed by atoms with Crippen molar-refractivity contribution in [3.05, 3.63) is 24.3 Å². The fourth-order valence-electron chi connectivity index (χ4n) is 1.31. The number of hydrogen-bond acceptors (Lipinski definition) is 4. The molecule has 0 aromatic carbocycles. The highest BCUT2D eigenvalue weighted by Gasteiger charge is 2.14. The summed E-state index contributed by atoms with van der Waals surface area (Å²) in [5.74, 6) is -0.154. The first-order chi connectivity index (χ1) is 6.74. The molecule has 2 rings (SSSR count). The maximum atomic E-state index is 11.3. The lowest BCUT2D eigenvalue weighted by Crippen LogP contribution is -2.08. The molecule has 0 fully saturated rings. The molecule has 0 aliphatic rings. The summed E-state index contributed by atoms with van der Waals surface area (Å²) in [6, 6.07) is 1.75. The van der Waals surface area contributed by atoms with E-state index in [-0.39, 0.29) is 5.82 Å². The van der Waals surface area contributed by atoms with Crippen molar-refractivity contribution in [1.82, 2.24) is 14.5 Å². The van der Waals surface area contributed by atoms with Gasteiger partial charge in [0.25, 0.3) is 0 Å². The van der Waals surface area contributed by atoms with E-state index >= 15 is 0 Å². The van der Waals surface area contributed by atoms with Gasteiger partial charge in [-0.3, -0.25) is 4.98 Å². The maximum Gasteiger partial charge on any atom is 0.374 e. The van der Waals surface area contributed by atoms with Crippen molar-refractivity contribution in [3.63, 3.8) is 0 Å². The molecule has 0 N–H and O–H groups in total. The number of imidazole rings is 1. The smallest absolute Gasteiger partial charge is 0.374 e. The van der Waals surface area contributed by atoms with Gasteiger partial charge >= 0.3 is 5.97 Å². The molecule has 0 spiro atoms. The summed E-state index contributed by atoms with van der Waals surface area (Å²) >= 11 is 0. The van der Waals surface area contributed by atoms with Crippen molar-refractivity contribution < 1.29 is 9.53 Å². The Hall–Kier alpha value is -1.91. The lowest BCUT2D eigenvalue weighted by Gasteiger charge is -1.98. The fraction of sp³-hybridized carbons (Fsp3) is 0.222. The number of carbonyl (C=O) groups excluding carboxylic acids is 1. The van der Waals surface area contributed by atoms with Crippen LogP contribution in [0.1, 0.15) is 10.6 Å². The van der Waals surface area contributed by atoms with Crippen molar-refractivity contribution in [1.29, 1.82) is 0 Å². The first-order valence-corrected chi connectivity index (χ1v) is 4.09. The lowest BCUT2D eigenvalue weighted by atomic mass is 10.4. The number of rotatable bonds is 1. The maximum absolute atomic E-state index is 11.3. The zero-order valence-electron chi connectivity index (χ0n) is 7.89. The number of methoxy groups -OCH3 is 1. The van der Waals surface area contributed by atoms with Crippen LogP contribution in [0.5, 0.6) is 0 Å². The van der Waals surface area contributed by atoms with Gasteiger partial charge in [0.2, 0.25) is 5.82 Å². The molecule has 0 saturated heterocycles. The number of aryl methyl sites for hydroxylation is 1. The van der Waals surface area contributed by atoms with Gasteiger partial charge in [0.1, 0.15) is 0 Å². The molecular formula is C9H9N3O2. The van der Waals surface area contributed by atoms with Gasteiger partial charge < -0.3 is 9.30 Å². The van der Waals surface area contributed by atoms with Crippen molar-refractivity contribution in [2.75, 3.05) is 7.11 Å². The van der Waals surface area contributed by atoms with Crippen molar-refractivity contribution in [3.8, 4) is 0 Å². The summed E-state index contributed by atoms with van der Waals surface area (Å²) in [6.07, 6.45) is 3.30. The Morgan fingerprint density at radius 3 is 3.00 bits per heavy atom. The molecule has 0 bridgehead atoms. The Kier molecular flexibility index (Phi) is 1.92. The normalized spacial score (nSPS) is 10.4. The van der Waals surface area contributed by atoms with Gasteiger partial charge in [-0.15, -0.1) is 0 Å². The summed E-state index contributed by atoms with van der Waals surface area (Å²) < 4.78 is 6.26. The molecule has 2 heterocycles. The van der Waals surface area contributed by atoms with Gasteiger partial charge in [0.15, 0.2) is 0 Å². The van der Waals surface area contributed by atoms with Crippen molar-refractivity contribution in [2.45, 2.75) is 0 Å². The fourth-order valence-corrected chi connectivity index (χ4v) is 1.31. The second-order valence-electron chi connectivity index (χ2n) is 2.85. The number of carbonyl (C=O) groups is 1. The van der Waals surface area contributed by atoms with E-state index in [0.717, 1.165) is 11.0 Å². The minimum Gasteiger partial charge on any atom is -0.463 e. The van der Waals surface area contributed by atoms with Crippen molar-refractivity contribution in [2.24, 2.45) is 7.05 Å². The molecule has 0 unspecified atom stereocenters. The van der Waals surface area contributed by atoms with E-state index in [1.807, 2.05) is 0 Å². The highest BCUT2D eigenvalue weighted by Crippen LogP contribution is 2.13. The van der Waals surface area contributed by atoms with Gasteiger partial charge in [0, 0.05) is 13.2 Å². The first kappa shape index (κ1) is 8.68. The standard InChI is InChI=1S/C9H9N3O2/c1-12-7-5-10-4-3-6(7)11-8(12)9(13)14-2/h3-5H,1-2H3. The quantitative estimate of drug-likeness (QED) is 0.624. The second-order valence-corrected chi connectivity index (χ2v) is 2.85. The van der Waals surface area contributed by atoms with E-state index in [9.17, 15) is 4.79 Å². The van der Waals surface area contributed by atoms with Gasteiger partial charge in [-0.2, -0.15) is 0 Å². The Labute approximate surface area is 80.3 Å². The largest absolute Gasteiger partial charge is 0.463 e. The lowest BCUT2D eigenvalue weighted by molar-refractivity contribution is 0.0583. The summed E-state index contributed by atoms with van der Waals surface area (Å²) in [5.41, 5.74) is 1.55. The predicted molar refractivity (Wildman–Crippen MR) is 49.8 cm³/mol. The molecule has 0 aliphatic heterocycles. The number of fused-ring (bicyclic) bond motifs is 1. The number of pyridine rings is 1. The molecule has 0 atom stereocenters. The van der Waals surface area contributed by atoms with E-state index in [0.29, 0.717) is 0 Å². The van der Waals surface area contributed by atoms with E-state index in [1.54, 1.807) is 30.1 Å². The van der Waals surface area contributed by atoms with E-state index < -0.39 is 5.97 Å². The zero-order chi connectivity index (χ0) is 10.1. The summed E-state index contributed by atoms with van der Waals surface area (Å²) in [7, 11) is 3.09. The number of aromatic nitrogens is 3. The average molecular weight is 191 g/mol.